The van der Waals surface area contributed by atoms with Gasteiger partial charge in [0, 0.05) is 6.20 Å². The van der Waals surface area contributed by atoms with Gasteiger partial charge in [0.1, 0.15) is 5.02 Å². The van der Waals surface area contributed by atoms with Crippen molar-refractivity contribution in [1.82, 2.24) is 14.6 Å². The van der Waals surface area contributed by atoms with Crippen LogP contribution in [0.2, 0.25) is 5.02 Å². The van der Waals surface area contributed by atoms with E-state index in [2.05, 4.69) is 10.1 Å². The molecule has 0 bridgehead atoms. The molecule has 78 valence electrons. The normalized spacial score (nSPS) is 10.8. The van der Waals surface area contributed by atoms with Crippen molar-refractivity contribution in [3.05, 3.63) is 28.7 Å². The highest BCUT2D eigenvalue weighted by atomic mass is 35.5. The molecule has 0 aliphatic heterocycles. The molecule has 0 radical (unpaired) electrons. The van der Waals surface area contributed by atoms with Crippen LogP contribution in [0.25, 0.3) is 5.65 Å². The number of carboxylic acids is 1. The topological polar surface area (TPSA) is 67.5 Å². The summed E-state index contributed by atoms with van der Waals surface area (Å²) in [5.41, 5.74) is 1.24. The minimum Gasteiger partial charge on any atom is -0.478 e. The number of halogens is 1. The molecule has 15 heavy (non-hydrogen) atoms. The first-order valence-electron chi connectivity index (χ1n) is 4.39. The van der Waals surface area contributed by atoms with E-state index in [1.165, 1.54) is 16.9 Å². The summed E-state index contributed by atoms with van der Waals surface area (Å²) in [5.74, 6) is -1.01. The average Bonchev–Trinajstić information content (AvgIpc) is 2.59. The lowest BCUT2D eigenvalue weighted by Crippen LogP contribution is -2.09. The molecule has 2 rings (SSSR count). The van der Waals surface area contributed by atoms with Crippen molar-refractivity contribution < 1.29 is 9.90 Å². The zero-order valence-electron chi connectivity index (χ0n) is 7.94. The number of carbonyl (C=O) groups is 1. The van der Waals surface area contributed by atoms with Crippen LogP contribution in [0.3, 0.4) is 0 Å². The Kier molecular flexibility index (Phi) is 2.32. The van der Waals surface area contributed by atoms with Gasteiger partial charge in [-0.05, 0) is 6.42 Å². The highest BCUT2D eigenvalue weighted by molar-refractivity contribution is 6.33. The Morgan fingerprint density at radius 2 is 2.33 bits per heavy atom. The van der Waals surface area contributed by atoms with Gasteiger partial charge in [-0.25, -0.2) is 14.3 Å². The molecule has 2 heterocycles. The van der Waals surface area contributed by atoms with Crippen LogP contribution in [0.4, 0.5) is 0 Å². The quantitative estimate of drug-likeness (QED) is 0.844. The molecule has 1 N–H and O–H groups in total. The van der Waals surface area contributed by atoms with Gasteiger partial charge >= 0.3 is 5.97 Å². The predicted octanol–water partition coefficient (Wildman–Crippen LogP) is 1.64. The van der Waals surface area contributed by atoms with Gasteiger partial charge < -0.3 is 5.11 Å². The molecule has 0 fully saturated rings. The van der Waals surface area contributed by atoms with Crippen molar-refractivity contribution in [2.45, 2.75) is 13.3 Å². The molecular formula is C9H8ClN3O2. The summed E-state index contributed by atoms with van der Waals surface area (Å²) in [6, 6.07) is 0. The first-order chi connectivity index (χ1) is 7.15. The van der Waals surface area contributed by atoms with E-state index in [0.29, 0.717) is 22.8 Å². The molecule has 2 aromatic heterocycles. The van der Waals surface area contributed by atoms with Crippen molar-refractivity contribution in [3.8, 4) is 0 Å². The minimum atomic E-state index is -1.01. The number of carboxylic acid groups (broad SMARTS) is 1. The van der Waals surface area contributed by atoms with Gasteiger partial charge in [0.05, 0.1) is 17.5 Å². The summed E-state index contributed by atoms with van der Waals surface area (Å²) in [4.78, 5) is 14.9. The molecular weight excluding hydrogens is 218 g/mol. The van der Waals surface area contributed by atoms with Crippen molar-refractivity contribution in [3.63, 3.8) is 0 Å². The van der Waals surface area contributed by atoms with E-state index in [1.54, 1.807) is 0 Å². The Labute approximate surface area is 90.3 Å². The molecule has 0 saturated carbocycles. The van der Waals surface area contributed by atoms with Crippen molar-refractivity contribution >= 4 is 23.2 Å². The summed E-state index contributed by atoms with van der Waals surface area (Å²) in [6.45, 7) is 1.86. The number of nitrogens with zero attached hydrogens (tertiary/aromatic N) is 3. The molecule has 2 aromatic rings. The Bertz CT molecular complexity index is 535. The van der Waals surface area contributed by atoms with Gasteiger partial charge in [0.25, 0.3) is 0 Å². The molecule has 5 nitrogen and oxygen atoms in total. The van der Waals surface area contributed by atoms with Crippen LogP contribution in [-0.4, -0.2) is 25.7 Å². The van der Waals surface area contributed by atoms with E-state index in [1.807, 2.05) is 6.92 Å². The zero-order valence-corrected chi connectivity index (χ0v) is 8.69. The number of hydrogen-bond acceptors (Lipinski definition) is 3. The van der Waals surface area contributed by atoms with Gasteiger partial charge in [-0.2, -0.15) is 5.10 Å². The Balaban J connectivity index is 2.82. The number of aromatic nitrogens is 3. The highest BCUT2D eigenvalue weighted by Gasteiger charge is 2.15. The smallest absolute Gasteiger partial charge is 0.339 e. The second-order valence-electron chi connectivity index (χ2n) is 3.01. The van der Waals surface area contributed by atoms with E-state index >= 15 is 0 Å². The fourth-order valence-electron chi connectivity index (χ4n) is 1.47. The largest absolute Gasteiger partial charge is 0.478 e. The van der Waals surface area contributed by atoms with E-state index in [0.717, 1.165) is 0 Å². The van der Waals surface area contributed by atoms with E-state index in [-0.39, 0.29) is 5.56 Å². The third-order valence-electron chi connectivity index (χ3n) is 2.15. The standard InChI is InChI=1S/C9H8ClN3O2/c1-2-7-5(9(14)15)3-11-8-6(10)4-12-13(7)8/h3-4H,2H2,1H3,(H,14,15). The molecule has 0 aliphatic carbocycles. The summed E-state index contributed by atoms with van der Waals surface area (Å²) in [5, 5.41) is 13.4. The monoisotopic (exact) mass is 225 g/mol. The summed E-state index contributed by atoms with van der Waals surface area (Å²) >= 11 is 5.84. The lowest BCUT2D eigenvalue weighted by atomic mass is 10.2. The zero-order chi connectivity index (χ0) is 11.0. The lowest BCUT2D eigenvalue weighted by molar-refractivity contribution is 0.0694. The van der Waals surface area contributed by atoms with Gasteiger partial charge in [-0.3, -0.25) is 0 Å². The Hall–Kier alpha value is -1.62. The Morgan fingerprint density at radius 1 is 1.60 bits per heavy atom. The number of hydrogen-bond donors (Lipinski definition) is 1. The third kappa shape index (κ3) is 1.45. The van der Waals surface area contributed by atoms with Crippen LogP contribution in [0.5, 0.6) is 0 Å². The SMILES string of the molecule is CCc1c(C(=O)O)cnc2c(Cl)cnn12. The van der Waals surface area contributed by atoms with Crippen molar-refractivity contribution in [1.29, 1.82) is 0 Å². The third-order valence-corrected chi connectivity index (χ3v) is 2.42. The van der Waals surface area contributed by atoms with Crippen molar-refractivity contribution in [2.24, 2.45) is 0 Å². The van der Waals surface area contributed by atoms with E-state index in [4.69, 9.17) is 16.7 Å². The maximum absolute atomic E-state index is 10.9. The van der Waals surface area contributed by atoms with Crippen LogP contribution in [-0.2, 0) is 6.42 Å². The lowest BCUT2D eigenvalue weighted by Gasteiger charge is -2.05. The summed E-state index contributed by atoms with van der Waals surface area (Å²) in [7, 11) is 0. The first-order valence-corrected chi connectivity index (χ1v) is 4.77. The molecule has 0 aliphatic rings. The minimum absolute atomic E-state index is 0.157. The van der Waals surface area contributed by atoms with Gasteiger partial charge in [-0.15, -0.1) is 0 Å². The number of fused-ring (bicyclic) bond motifs is 1. The second kappa shape index (κ2) is 3.51. The van der Waals surface area contributed by atoms with Gasteiger partial charge in [0.2, 0.25) is 0 Å². The van der Waals surface area contributed by atoms with E-state index in [9.17, 15) is 4.79 Å². The van der Waals surface area contributed by atoms with Crippen LogP contribution in [0.1, 0.15) is 23.0 Å². The fraction of sp³-hybridized carbons (Fsp3) is 0.222. The van der Waals surface area contributed by atoms with Gasteiger partial charge in [-0.1, -0.05) is 18.5 Å². The summed E-state index contributed by atoms with van der Waals surface area (Å²) in [6.07, 6.45) is 3.32. The van der Waals surface area contributed by atoms with Crippen LogP contribution >= 0.6 is 11.6 Å². The molecule has 0 spiro atoms. The molecule has 0 saturated heterocycles. The first kappa shape index (κ1) is 9.92. The van der Waals surface area contributed by atoms with E-state index < -0.39 is 5.97 Å². The maximum atomic E-state index is 10.9. The van der Waals surface area contributed by atoms with Crippen LogP contribution < -0.4 is 0 Å². The highest BCUT2D eigenvalue weighted by Crippen LogP contribution is 2.18. The molecule has 0 unspecified atom stereocenters. The molecule has 0 aromatic carbocycles. The van der Waals surface area contributed by atoms with Gasteiger partial charge in [0.15, 0.2) is 5.65 Å². The van der Waals surface area contributed by atoms with Crippen LogP contribution in [0.15, 0.2) is 12.4 Å². The fourth-order valence-corrected chi connectivity index (χ4v) is 1.64. The number of aromatic carboxylic acids is 1. The Morgan fingerprint density at radius 3 is 2.93 bits per heavy atom. The number of aryl methyl sites for hydroxylation is 1. The predicted molar refractivity (Wildman–Crippen MR) is 54.3 cm³/mol. The number of rotatable bonds is 2. The second-order valence-corrected chi connectivity index (χ2v) is 3.41. The molecule has 0 atom stereocenters. The summed E-state index contributed by atoms with van der Waals surface area (Å²) < 4.78 is 1.46. The molecule has 6 heteroatoms. The molecule has 0 amide bonds. The maximum Gasteiger partial charge on any atom is 0.339 e. The van der Waals surface area contributed by atoms with Crippen LogP contribution in [0, 0.1) is 0 Å². The van der Waals surface area contributed by atoms with Crippen molar-refractivity contribution in [2.75, 3.05) is 0 Å². The average molecular weight is 226 g/mol.